The minimum absolute atomic E-state index is 0.152. The lowest BCUT2D eigenvalue weighted by molar-refractivity contribution is -0.127. The molecule has 102 valence electrons. The van der Waals surface area contributed by atoms with Gasteiger partial charge in [0.2, 0.25) is 5.91 Å². The number of piperazine rings is 1. The van der Waals surface area contributed by atoms with E-state index in [2.05, 4.69) is 5.32 Å². The van der Waals surface area contributed by atoms with Crippen LogP contribution in [0.15, 0.2) is 18.2 Å². The lowest BCUT2D eigenvalue weighted by Crippen LogP contribution is -2.55. The second-order valence-corrected chi connectivity index (χ2v) is 4.42. The van der Waals surface area contributed by atoms with Gasteiger partial charge in [0.1, 0.15) is 11.8 Å². The molecule has 1 heterocycles. The Morgan fingerprint density at radius 2 is 2.26 bits per heavy atom. The number of methoxy groups -OCH3 is 1. The molecule has 1 fully saturated rings. The summed E-state index contributed by atoms with van der Waals surface area (Å²) in [4.78, 5) is 25.6. The molecule has 2 rings (SSSR count). The Labute approximate surface area is 111 Å². The van der Waals surface area contributed by atoms with Crippen molar-refractivity contribution in [2.75, 3.05) is 25.9 Å². The number of hydrogen-bond acceptors (Lipinski definition) is 4. The third-order valence-corrected chi connectivity index (χ3v) is 3.25. The van der Waals surface area contributed by atoms with Crippen molar-refractivity contribution >= 4 is 17.5 Å². The highest BCUT2D eigenvalue weighted by molar-refractivity contribution is 6.02. The normalized spacial score (nSPS) is 18.9. The summed E-state index contributed by atoms with van der Waals surface area (Å²) in [6.07, 6.45) is 0. The van der Waals surface area contributed by atoms with Crippen LogP contribution < -0.4 is 15.8 Å². The van der Waals surface area contributed by atoms with Gasteiger partial charge in [0, 0.05) is 18.8 Å². The van der Waals surface area contributed by atoms with E-state index in [4.69, 9.17) is 10.5 Å². The second-order valence-electron chi connectivity index (χ2n) is 4.42. The molecule has 0 saturated carbocycles. The van der Waals surface area contributed by atoms with Gasteiger partial charge in [-0.2, -0.15) is 0 Å². The van der Waals surface area contributed by atoms with Crippen LogP contribution in [-0.2, 0) is 4.79 Å². The minimum Gasteiger partial charge on any atom is -0.497 e. The molecule has 6 heteroatoms. The Hall–Kier alpha value is -2.24. The van der Waals surface area contributed by atoms with Crippen LogP contribution in [0, 0.1) is 0 Å². The molecule has 0 radical (unpaired) electrons. The first-order valence-electron chi connectivity index (χ1n) is 6.06. The number of carbonyl (C=O) groups is 2. The zero-order valence-corrected chi connectivity index (χ0v) is 11.0. The van der Waals surface area contributed by atoms with Crippen LogP contribution in [0.3, 0.4) is 0 Å². The molecule has 1 aromatic carbocycles. The Kier molecular flexibility index (Phi) is 3.59. The van der Waals surface area contributed by atoms with Crippen molar-refractivity contribution in [3.63, 3.8) is 0 Å². The summed E-state index contributed by atoms with van der Waals surface area (Å²) >= 11 is 0. The smallest absolute Gasteiger partial charge is 0.256 e. The van der Waals surface area contributed by atoms with Gasteiger partial charge in [-0.1, -0.05) is 0 Å². The highest BCUT2D eigenvalue weighted by atomic mass is 16.5. The van der Waals surface area contributed by atoms with Crippen molar-refractivity contribution in [2.45, 2.75) is 13.0 Å². The van der Waals surface area contributed by atoms with E-state index in [-0.39, 0.29) is 11.8 Å². The Morgan fingerprint density at radius 1 is 1.53 bits per heavy atom. The molecule has 0 aromatic heterocycles. The predicted octanol–water partition coefficient (Wildman–Crippen LogP) is 0.238. The predicted molar refractivity (Wildman–Crippen MR) is 70.9 cm³/mol. The number of rotatable bonds is 2. The molecule has 2 amide bonds. The fraction of sp³-hybridized carbons (Fsp3) is 0.385. The number of benzene rings is 1. The van der Waals surface area contributed by atoms with Gasteiger partial charge in [0.25, 0.3) is 5.91 Å². The van der Waals surface area contributed by atoms with Crippen LogP contribution in [0.1, 0.15) is 17.3 Å². The van der Waals surface area contributed by atoms with Crippen molar-refractivity contribution in [1.29, 1.82) is 0 Å². The van der Waals surface area contributed by atoms with Gasteiger partial charge in [-0.15, -0.1) is 0 Å². The number of nitrogen functional groups attached to an aromatic ring is 1. The zero-order chi connectivity index (χ0) is 14.0. The van der Waals surface area contributed by atoms with Crippen LogP contribution in [0.2, 0.25) is 0 Å². The van der Waals surface area contributed by atoms with Crippen LogP contribution >= 0.6 is 0 Å². The SMILES string of the molecule is COc1ccc(N)c(C(=O)N2CCNC(=O)C2C)c1. The lowest BCUT2D eigenvalue weighted by Gasteiger charge is -2.33. The van der Waals surface area contributed by atoms with Gasteiger partial charge >= 0.3 is 0 Å². The summed E-state index contributed by atoms with van der Waals surface area (Å²) in [5.41, 5.74) is 6.57. The number of nitrogens with two attached hydrogens (primary N) is 1. The van der Waals surface area contributed by atoms with Crippen molar-refractivity contribution in [1.82, 2.24) is 10.2 Å². The van der Waals surface area contributed by atoms with Crippen LogP contribution in [0.5, 0.6) is 5.75 Å². The molecule has 1 aromatic rings. The van der Waals surface area contributed by atoms with E-state index in [1.54, 1.807) is 25.1 Å². The first kappa shape index (κ1) is 13.2. The first-order chi connectivity index (χ1) is 9.04. The quantitative estimate of drug-likeness (QED) is 0.748. The fourth-order valence-corrected chi connectivity index (χ4v) is 2.06. The molecule has 1 unspecified atom stereocenters. The molecule has 1 atom stereocenters. The molecule has 1 saturated heterocycles. The van der Waals surface area contributed by atoms with E-state index < -0.39 is 6.04 Å². The summed E-state index contributed by atoms with van der Waals surface area (Å²) in [6.45, 7) is 2.63. The van der Waals surface area contributed by atoms with Gasteiger partial charge < -0.3 is 20.7 Å². The van der Waals surface area contributed by atoms with Crippen LogP contribution in [0.4, 0.5) is 5.69 Å². The van der Waals surface area contributed by atoms with E-state index in [1.807, 2.05) is 0 Å². The molecule has 1 aliphatic heterocycles. The average Bonchev–Trinajstić information content (AvgIpc) is 2.42. The van der Waals surface area contributed by atoms with E-state index in [9.17, 15) is 9.59 Å². The number of carbonyl (C=O) groups excluding carboxylic acids is 2. The summed E-state index contributed by atoms with van der Waals surface area (Å²) in [7, 11) is 1.52. The maximum atomic E-state index is 12.5. The van der Waals surface area contributed by atoms with Gasteiger partial charge in [-0.3, -0.25) is 9.59 Å². The number of nitrogens with zero attached hydrogens (tertiary/aromatic N) is 1. The standard InChI is InChI=1S/C13H17N3O3/c1-8-12(17)15-5-6-16(8)13(18)10-7-9(19-2)3-4-11(10)14/h3-4,7-8H,5-6,14H2,1-2H3,(H,15,17). The largest absolute Gasteiger partial charge is 0.497 e. The first-order valence-corrected chi connectivity index (χ1v) is 6.06. The van der Waals surface area contributed by atoms with Crippen molar-refractivity contribution in [3.05, 3.63) is 23.8 Å². The molecule has 6 nitrogen and oxygen atoms in total. The third kappa shape index (κ3) is 2.47. The highest BCUT2D eigenvalue weighted by Crippen LogP contribution is 2.22. The summed E-state index contributed by atoms with van der Waals surface area (Å²) < 4.78 is 5.09. The third-order valence-electron chi connectivity index (χ3n) is 3.25. The van der Waals surface area contributed by atoms with Gasteiger partial charge in [0.15, 0.2) is 0 Å². The Bertz CT molecular complexity index is 516. The molecule has 0 bridgehead atoms. The molecular formula is C13H17N3O3. The Morgan fingerprint density at radius 3 is 2.95 bits per heavy atom. The fourth-order valence-electron chi connectivity index (χ4n) is 2.06. The van der Waals surface area contributed by atoms with E-state index in [0.29, 0.717) is 30.1 Å². The van der Waals surface area contributed by atoms with Crippen LogP contribution in [0.25, 0.3) is 0 Å². The number of hydrogen-bond donors (Lipinski definition) is 2. The molecule has 1 aliphatic rings. The molecule has 0 aliphatic carbocycles. The van der Waals surface area contributed by atoms with Crippen LogP contribution in [-0.4, -0.2) is 43.0 Å². The topological polar surface area (TPSA) is 84.7 Å². The number of anilines is 1. The van der Waals surface area contributed by atoms with E-state index in [1.165, 1.54) is 12.0 Å². The zero-order valence-electron chi connectivity index (χ0n) is 11.0. The maximum absolute atomic E-state index is 12.5. The van der Waals surface area contributed by atoms with Gasteiger partial charge in [-0.25, -0.2) is 0 Å². The lowest BCUT2D eigenvalue weighted by atomic mass is 10.1. The summed E-state index contributed by atoms with van der Waals surface area (Å²) in [5, 5.41) is 2.72. The van der Waals surface area contributed by atoms with Crippen molar-refractivity contribution in [3.8, 4) is 5.75 Å². The number of nitrogens with one attached hydrogen (secondary N) is 1. The number of ether oxygens (including phenoxy) is 1. The molecular weight excluding hydrogens is 246 g/mol. The van der Waals surface area contributed by atoms with Crippen molar-refractivity contribution < 1.29 is 14.3 Å². The monoisotopic (exact) mass is 263 g/mol. The maximum Gasteiger partial charge on any atom is 0.256 e. The molecule has 3 N–H and O–H groups in total. The minimum atomic E-state index is -0.494. The highest BCUT2D eigenvalue weighted by Gasteiger charge is 2.30. The average molecular weight is 263 g/mol. The second kappa shape index (κ2) is 5.17. The van der Waals surface area contributed by atoms with Gasteiger partial charge in [0.05, 0.1) is 12.7 Å². The Balaban J connectivity index is 2.30. The number of amides is 2. The molecule has 19 heavy (non-hydrogen) atoms. The summed E-state index contributed by atoms with van der Waals surface area (Å²) in [5.74, 6) is 0.159. The van der Waals surface area contributed by atoms with Crippen molar-refractivity contribution in [2.24, 2.45) is 0 Å². The van der Waals surface area contributed by atoms with E-state index in [0.717, 1.165) is 0 Å². The van der Waals surface area contributed by atoms with E-state index >= 15 is 0 Å². The molecule has 0 spiro atoms. The summed E-state index contributed by atoms with van der Waals surface area (Å²) in [6, 6.07) is 4.42. The van der Waals surface area contributed by atoms with Gasteiger partial charge in [-0.05, 0) is 25.1 Å².